The van der Waals surface area contributed by atoms with E-state index < -0.39 is 35.4 Å². The third-order valence-electron chi connectivity index (χ3n) is 2.98. The molecule has 0 radical (unpaired) electrons. The Labute approximate surface area is 123 Å². The minimum atomic E-state index is -2.31. The fourth-order valence-electron chi connectivity index (χ4n) is 1.83. The molecule has 0 N–H and O–H groups in total. The van der Waals surface area contributed by atoms with Crippen molar-refractivity contribution in [3.8, 4) is 0 Å². The number of rotatable bonds is 1. The Hall–Kier alpha value is -1.22. The smallest absolute Gasteiger partial charge is 0.343 e. The van der Waals surface area contributed by atoms with Crippen LogP contribution in [-0.2, 0) is 19.1 Å². The van der Waals surface area contributed by atoms with Gasteiger partial charge in [-0.15, -0.1) is 0 Å². The van der Waals surface area contributed by atoms with Gasteiger partial charge in [0.05, 0.1) is 34.7 Å². The minimum absolute atomic E-state index is 0.0199. The fourth-order valence-corrected chi connectivity index (χ4v) is 2.21. The van der Waals surface area contributed by atoms with Gasteiger partial charge >= 0.3 is 17.9 Å². The van der Waals surface area contributed by atoms with Crippen molar-refractivity contribution in [1.82, 2.24) is 8.83 Å². The molecule has 112 valence electrons. The Morgan fingerprint density at radius 2 is 2.10 bits per heavy atom. The van der Waals surface area contributed by atoms with E-state index in [9.17, 15) is 18.8 Å². The number of halogens is 2. The predicted octanol–water partition coefficient (Wildman–Crippen LogP) is 1.17. The molecule has 0 aromatic carbocycles. The highest BCUT2D eigenvalue weighted by atomic mass is 79.9. The molecule has 1 unspecified atom stereocenters. The lowest BCUT2D eigenvalue weighted by atomic mass is 9.97. The number of hydrogen-bond donors (Lipinski definition) is 0. The maximum absolute atomic E-state index is 14.3. The van der Waals surface area contributed by atoms with E-state index in [0.29, 0.717) is 3.93 Å². The van der Waals surface area contributed by atoms with Crippen molar-refractivity contribution >= 4 is 34.1 Å². The number of hydrogen-bond acceptors (Lipinski definition) is 5. The van der Waals surface area contributed by atoms with Crippen LogP contribution >= 0.6 is 16.1 Å². The Kier molecular flexibility index (Phi) is 3.53. The van der Waals surface area contributed by atoms with Crippen molar-refractivity contribution in [1.29, 1.82) is 0 Å². The van der Waals surface area contributed by atoms with Gasteiger partial charge in [0, 0.05) is 0 Å². The summed E-state index contributed by atoms with van der Waals surface area (Å²) >= 11 is 2.68. The van der Waals surface area contributed by atoms with Crippen LogP contribution in [0.3, 0.4) is 0 Å². The van der Waals surface area contributed by atoms with Gasteiger partial charge in [0.2, 0.25) is 0 Å². The van der Waals surface area contributed by atoms with E-state index >= 15 is 0 Å². The number of alkyl halides is 1. The summed E-state index contributed by atoms with van der Waals surface area (Å²) in [5.74, 6) is -4.24. The van der Waals surface area contributed by atoms with Gasteiger partial charge < -0.3 is 9.47 Å². The highest BCUT2D eigenvalue weighted by molar-refractivity contribution is 9.08. The summed E-state index contributed by atoms with van der Waals surface area (Å²) in [6.45, 7) is 4.70. The van der Waals surface area contributed by atoms with Crippen LogP contribution in [0, 0.1) is 5.41 Å². The number of ether oxygens (including phenoxy) is 2. The standard InChI is InChI=1S/C11H14BrFN2O5/c1-10(2,3)8(17)20-11-6(13)7(16)15(12)9(18)14(11)4-5-19-11/h6H,4-5H2,1-3H3/t6-,11?/m1/s1. The summed E-state index contributed by atoms with van der Waals surface area (Å²) in [4.78, 5) is 36.5. The minimum Gasteiger partial charge on any atom is -0.410 e. The summed E-state index contributed by atoms with van der Waals surface area (Å²) in [5, 5.41) is 0. The van der Waals surface area contributed by atoms with Crippen LogP contribution in [0.4, 0.5) is 9.18 Å². The van der Waals surface area contributed by atoms with Gasteiger partial charge in [-0.3, -0.25) is 14.5 Å². The highest BCUT2D eigenvalue weighted by Crippen LogP contribution is 2.39. The van der Waals surface area contributed by atoms with Gasteiger partial charge in [-0.05, 0) is 20.8 Å². The first-order valence-electron chi connectivity index (χ1n) is 5.94. The molecule has 0 aromatic heterocycles. The van der Waals surface area contributed by atoms with Gasteiger partial charge in [-0.1, -0.05) is 0 Å². The van der Waals surface area contributed by atoms with E-state index in [2.05, 4.69) is 16.1 Å². The molecular weight excluding hydrogens is 339 g/mol. The molecule has 0 spiro atoms. The number of nitrogens with zero attached hydrogens (tertiary/aromatic N) is 2. The maximum atomic E-state index is 14.3. The molecule has 0 saturated carbocycles. The van der Waals surface area contributed by atoms with Crippen molar-refractivity contribution < 1.29 is 28.2 Å². The van der Waals surface area contributed by atoms with E-state index in [1.54, 1.807) is 20.8 Å². The number of esters is 1. The van der Waals surface area contributed by atoms with Crippen LogP contribution in [0.15, 0.2) is 0 Å². The third-order valence-corrected chi connectivity index (χ3v) is 3.63. The molecule has 0 aromatic rings. The zero-order valence-corrected chi connectivity index (χ0v) is 12.8. The zero-order chi connectivity index (χ0) is 15.3. The van der Waals surface area contributed by atoms with Crippen LogP contribution in [0.1, 0.15) is 20.8 Å². The molecule has 3 amide bonds. The van der Waals surface area contributed by atoms with Crippen molar-refractivity contribution in [2.24, 2.45) is 5.41 Å². The lowest BCUT2D eigenvalue weighted by Crippen LogP contribution is -2.68. The molecule has 9 heteroatoms. The molecule has 2 rings (SSSR count). The lowest BCUT2D eigenvalue weighted by molar-refractivity contribution is -0.285. The van der Waals surface area contributed by atoms with E-state index in [1.165, 1.54) is 0 Å². The van der Waals surface area contributed by atoms with Crippen LogP contribution < -0.4 is 0 Å². The molecular formula is C11H14BrFN2O5. The summed E-state index contributed by atoms with van der Waals surface area (Å²) in [5.41, 5.74) is -0.927. The first kappa shape index (κ1) is 15.2. The van der Waals surface area contributed by atoms with Gasteiger partial charge in [0.25, 0.3) is 12.1 Å². The van der Waals surface area contributed by atoms with Gasteiger partial charge in [0.1, 0.15) is 0 Å². The normalized spacial score (nSPS) is 30.6. The molecule has 2 heterocycles. The largest absolute Gasteiger partial charge is 0.410 e. The number of carbonyl (C=O) groups excluding carboxylic acids is 3. The SMILES string of the molecule is CC(C)(C)C(=O)OC12OCCN1C(=O)N(Br)C(=O)[C@H]2F. The molecule has 20 heavy (non-hydrogen) atoms. The van der Waals surface area contributed by atoms with Crippen molar-refractivity contribution in [3.63, 3.8) is 0 Å². The Morgan fingerprint density at radius 1 is 1.50 bits per heavy atom. The van der Waals surface area contributed by atoms with Crippen molar-refractivity contribution in [2.45, 2.75) is 32.9 Å². The van der Waals surface area contributed by atoms with Gasteiger partial charge in [-0.25, -0.2) is 9.18 Å². The highest BCUT2D eigenvalue weighted by Gasteiger charge is 2.65. The molecule has 2 aliphatic rings. The summed E-state index contributed by atoms with van der Waals surface area (Å²) in [6.07, 6.45) is -2.31. The van der Waals surface area contributed by atoms with E-state index in [1.807, 2.05) is 0 Å². The first-order valence-corrected chi connectivity index (χ1v) is 6.65. The quantitative estimate of drug-likeness (QED) is 0.523. The predicted molar refractivity (Wildman–Crippen MR) is 67.0 cm³/mol. The number of imide groups is 1. The van der Waals surface area contributed by atoms with Crippen molar-refractivity contribution in [2.75, 3.05) is 13.2 Å². The van der Waals surface area contributed by atoms with Gasteiger partial charge in [-0.2, -0.15) is 3.93 Å². The lowest BCUT2D eigenvalue weighted by Gasteiger charge is -2.42. The van der Waals surface area contributed by atoms with E-state index in [4.69, 9.17) is 9.47 Å². The van der Waals surface area contributed by atoms with E-state index in [-0.39, 0.29) is 13.2 Å². The topological polar surface area (TPSA) is 76.2 Å². The van der Waals surface area contributed by atoms with Gasteiger partial charge in [0.15, 0.2) is 0 Å². The molecule has 2 aliphatic heterocycles. The number of fused-ring (bicyclic) bond motifs is 1. The Balaban J connectivity index is 2.38. The molecule has 2 fully saturated rings. The molecule has 0 bridgehead atoms. The molecule has 7 nitrogen and oxygen atoms in total. The summed E-state index contributed by atoms with van der Waals surface area (Å²) in [7, 11) is 0. The number of carbonyl (C=O) groups is 3. The monoisotopic (exact) mass is 352 g/mol. The van der Waals surface area contributed by atoms with Crippen LogP contribution in [-0.4, -0.2) is 52.0 Å². The third kappa shape index (κ3) is 2.08. The average Bonchev–Trinajstić information content (AvgIpc) is 2.77. The van der Waals surface area contributed by atoms with Crippen LogP contribution in [0.2, 0.25) is 0 Å². The van der Waals surface area contributed by atoms with Crippen LogP contribution in [0.5, 0.6) is 0 Å². The number of urea groups is 1. The van der Waals surface area contributed by atoms with E-state index in [0.717, 1.165) is 4.90 Å². The summed E-state index contributed by atoms with van der Waals surface area (Å²) < 4.78 is 25.0. The Bertz CT molecular complexity index is 480. The van der Waals surface area contributed by atoms with Crippen molar-refractivity contribution in [3.05, 3.63) is 0 Å². The molecule has 2 atom stereocenters. The second kappa shape index (κ2) is 4.66. The van der Waals surface area contributed by atoms with Crippen LogP contribution in [0.25, 0.3) is 0 Å². The maximum Gasteiger partial charge on any atom is 0.343 e. The molecule has 2 saturated heterocycles. The Morgan fingerprint density at radius 3 is 2.65 bits per heavy atom. The second-order valence-electron chi connectivity index (χ2n) is 5.53. The average molecular weight is 353 g/mol. The number of amides is 3. The molecule has 0 aliphatic carbocycles. The summed E-state index contributed by atoms with van der Waals surface area (Å²) in [6, 6.07) is -0.830. The second-order valence-corrected chi connectivity index (χ2v) is 6.24. The first-order chi connectivity index (χ1) is 9.11. The fraction of sp³-hybridized carbons (Fsp3) is 0.727. The zero-order valence-electron chi connectivity index (χ0n) is 11.2.